The molecule has 4 aliphatic rings. The van der Waals surface area contributed by atoms with Crippen LogP contribution in [0.4, 0.5) is 0 Å². The summed E-state index contributed by atoms with van der Waals surface area (Å²) in [6.07, 6.45) is 14.8. The Bertz CT molecular complexity index is 585. The summed E-state index contributed by atoms with van der Waals surface area (Å²) in [5.74, 6) is 2.68. The SMILES string of the molecule is CO[C@H]1CC[C@@]2(C)C(=CCC3C2CC[C@@]2(C)C3CC[C@@H]2C(=O)SC)C1. The van der Waals surface area contributed by atoms with Gasteiger partial charge in [0.15, 0.2) is 5.12 Å². The summed E-state index contributed by atoms with van der Waals surface area (Å²) in [5.41, 5.74) is 2.33. The molecule has 0 heterocycles. The third-order valence-corrected chi connectivity index (χ3v) is 9.56. The Morgan fingerprint density at radius 2 is 1.96 bits per heavy atom. The molecule has 0 aromatic rings. The molecule has 3 unspecified atom stereocenters. The molecule has 0 bridgehead atoms. The zero-order chi connectivity index (χ0) is 17.8. The van der Waals surface area contributed by atoms with Crippen molar-refractivity contribution in [2.75, 3.05) is 13.4 Å². The average molecular weight is 363 g/mol. The van der Waals surface area contributed by atoms with Gasteiger partial charge in [0.25, 0.3) is 0 Å². The number of hydrogen-bond donors (Lipinski definition) is 0. The van der Waals surface area contributed by atoms with Crippen LogP contribution in [0.1, 0.15) is 65.2 Å². The monoisotopic (exact) mass is 362 g/mol. The van der Waals surface area contributed by atoms with Crippen LogP contribution < -0.4 is 0 Å². The van der Waals surface area contributed by atoms with Crippen LogP contribution in [-0.2, 0) is 9.53 Å². The first kappa shape index (κ1) is 18.1. The molecule has 0 radical (unpaired) electrons. The number of methoxy groups -OCH3 is 1. The minimum atomic E-state index is 0.257. The second-order valence-corrected chi connectivity index (χ2v) is 10.4. The van der Waals surface area contributed by atoms with Crippen molar-refractivity contribution in [1.29, 1.82) is 0 Å². The van der Waals surface area contributed by atoms with E-state index < -0.39 is 0 Å². The fourth-order valence-electron chi connectivity index (χ4n) is 7.36. The molecule has 25 heavy (non-hydrogen) atoms. The fourth-order valence-corrected chi connectivity index (χ4v) is 8.03. The number of carbonyl (C=O) groups is 1. The van der Waals surface area contributed by atoms with E-state index in [1.54, 1.807) is 5.57 Å². The molecule has 0 saturated heterocycles. The van der Waals surface area contributed by atoms with Gasteiger partial charge in [-0.2, -0.15) is 0 Å². The van der Waals surface area contributed by atoms with Crippen LogP contribution in [0, 0.1) is 34.5 Å². The van der Waals surface area contributed by atoms with E-state index >= 15 is 0 Å². The fraction of sp³-hybridized carbons (Fsp3) is 0.864. The van der Waals surface area contributed by atoms with Crippen molar-refractivity contribution in [1.82, 2.24) is 0 Å². The lowest BCUT2D eigenvalue weighted by Crippen LogP contribution is -2.51. The Balaban J connectivity index is 1.62. The van der Waals surface area contributed by atoms with Gasteiger partial charge in [0.2, 0.25) is 0 Å². The third-order valence-electron chi connectivity index (χ3n) is 8.88. The van der Waals surface area contributed by atoms with Gasteiger partial charge < -0.3 is 4.74 Å². The first-order chi connectivity index (χ1) is 11.9. The van der Waals surface area contributed by atoms with Gasteiger partial charge in [0.05, 0.1) is 6.10 Å². The number of fused-ring (bicyclic) bond motifs is 5. The molecule has 0 aromatic heterocycles. The average Bonchev–Trinajstić information content (AvgIpc) is 2.97. The van der Waals surface area contributed by atoms with Crippen molar-refractivity contribution in [2.24, 2.45) is 34.5 Å². The summed E-state index contributed by atoms with van der Waals surface area (Å²) in [4.78, 5) is 12.5. The minimum absolute atomic E-state index is 0.257. The predicted molar refractivity (Wildman–Crippen MR) is 105 cm³/mol. The Kier molecular flexibility index (Phi) is 4.64. The van der Waals surface area contributed by atoms with Gasteiger partial charge in [-0.25, -0.2) is 0 Å². The molecule has 7 atom stereocenters. The van der Waals surface area contributed by atoms with Crippen LogP contribution >= 0.6 is 11.8 Å². The maximum absolute atomic E-state index is 12.5. The second kappa shape index (κ2) is 6.41. The molecular formula is C22H34O2S. The van der Waals surface area contributed by atoms with Gasteiger partial charge >= 0.3 is 0 Å². The van der Waals surface area contributed by atoms with Crippen LogP contribution in [0.3, 0.4) is 0 Å². The third kappa shape index (κ3) is 2.59. The molecule has 2 nitrogen and oxygen atoms in total. The Morgan fingerprint density at radius 1 is 1.16 bits per heavy atom. The highest BCUT2D eigenvalue weighted by Crippen LogP contribution is 2.66. The highest BCUT2D eigenvalue weighted by Gasteiger charge is 2.59. The number of carbonyl (C=O) groups excluding carboxylic acids is 1. The van der Waals surface area contributed by atoms with Gasteiger partial charge in [0.1, 0.15) is 0 Å². The quantitative estimate of drug-likeness (QED) is 0.609. The first-order valence-corrected chi connectivity index (χ1v) is 11.5. The van der Waals surface area contributed by atoms with Crippen molar-refractivity contribution >= 4 is 16.9 Å². The lowest BCUT2D eigenvalue weighted by Gasteiger charge is -2.58. The largest absolute Gasteiger partial charge is 0.381 e. The van der Waals surface area contributed by atoms with Gasteiger partial charge in [-0.1, -0.05) is 37.3 Å². The van der Waals surface area contributed by atoms with E-state index in [0.29, 0.717) is 22.6 Å². The molecule has 0 aromatic carbocycles. The molecule has 0 spiro atoms. The summed E-state index contributed by atoms with van der Waals surface area (Å²) in [7, 11) is 1.87. The maximum Gasteiger partial charge on any atom is 0.192 e. The predicted octanol–water partition coefficient (Wildman–Crippen LogP) is 5.47. The van der Waals surface area contributed by atoms with Crippen LogP contribution in [-0.4, -0.2) is 24.6 Å². The van der Waals surface area contributed by atoms with Crippen LogP contribution in [0.25, 0.3) is 0 Å². The molecular weight excluding hydrogens is 328 g/mol. The van der Waals surface area contributed by atoms with Crippen LogP contribution in [0.2, 0.25) is 0 Å². The first-order valence-electron chi connectivity index (χ1n) is 10.2. The second-order valence-electron chi connectivity index (χ2n) is 9.56. The van der Waals surface area contributed by atoms with Crippen molar-refractivity contribution < 1.29 is 9.53 Å². The van der Waals surface area contributed by atoms with Gasteiger partial charge in [-0.15, -0.1) is 0 Å². The van der Waals surface area contributed by atoms with Gasteiger partial charge in [-0.3, -0.25) is 4.79 Å². The molecule has 3 heteroatoms. The molecule has 0 amide bonds. The van der Waals surface area contributed by atoms with Gasteiger partial charge in [-0.05, 0) is 86.2 Å². The number of hydrogen-bond acceptors (Lipinski definition) is 3. The van der Waals surface area contributed by atoms with E-state index in [2.05, 4.69) is 19.9 Å². The Hall–Kier alpha value is -0.280. The molecule has 4 aliphatic carbocycles. The molecule has 3 saturated carbocycles. The summed E-state index contributed by atoms with van der Waals surface area (Å²) in [6.45, 7) is 4.99. The lowest BCUT2D eigenvalue weighted by atomic mass is 9.47. The van der Waals surface area contributed by atoms with E-state index in [0.717, 1.165) is 30.6 Å². The summed E-state index contributed by atoms with van der Waals surface area (Å²) >= 11 is 1.46. The van der Waals surface area contributed by atoms with Crippen LogP contribution in [0.5, 0.6) is 0 Å². The highest BCUT2D eigenvalue weighted by molar-refractivity contribution is 8.13. The summed E-state index contributed by atoms with van der Waals surface area (Å²) < 4.78 is 5.68. The van der Waals surface area contributed by atoms with Crippen molar-refractivity contribution in [3.8, 4) is 0 Å². The lowest BCUT2D eigenvalue weighted by molar-refractivity contribution is -0.121. The number of allylic oxidation sites excluding steroid dienone is 1. The summed E-state index contributed by atoms with van der Waals surface area (Å²) in [5, 5.41) is 0.447. The van der Waals surface area contributed by atoms with Crippen LogP contribution in [0.15, 0.2) is 11.6 Å². The number of rotatable bonds is 2. The Labute approximate surface area is 157 Å². The smallest absolute Gasteiger partial charge is 0.192 e. The van der Waals surface area contributed by atoms with Crippen molar-refractivity contribution in [2.45, 2.75) is 71.3 Å². The van der Waals surface area contributed by atoms with E-state index in [-0.39, 0.29) is 5.41 Å². The minimum Gasteiger partial charge on any atom is -0.381 e. The maximum atomic E-state index is 12.5. The highest BCUT2D eigenvalue weighted by atomic mass is 32.2. The zero-order valence-electron chi connectivity index (χ0n) is 16.3. The molecule has 3 fully saturated rings. The number of ether oxygens (including phenoxy) is 1. The van der Waals surface area contributed by atoms with E-state index in [4.69, 9.17) is 4.74 Å². The normalized spacial score (nSPS) is 49.0. The topological polar surface area (TPSA) is 26.3 Å². The van der Waals surface area contributed by atoms with Crippen molar-refractivity contribution in [3.63, 3.8) is 0 Å². The molecule has 0 N–H and O–H groups in total. The number of thioether (sulfide) groups is 1. The Morgan fingerprint density at radius 3 is 2.68 bits per heavy atom. The van der Waals surface area contributed by atoms with Crippen molar-refractivity contribution in [3.05, 3.63) is 11.6 Å². The molecule has 4 rings (SSSR count). The van der Waals surface area contributed by atoms with E-state index in [9.17, 15) is 4.79 Å². The summed E-state index contributed by atoms with van der Waals surface area (Å²) in [6, 6.07) is 0. The molecule has 140 valence electrons. The van der Waals surface area contributed by atoms with E-state index in [1.165, 1.54) is 50.3 Å². The van der Waals surface area contributed by atoms with Gasteiger partial charge in [0, 0.05) is 13.0 Å². The standard InChI is InChI=1S/C22H34O2S/c1-21-11-9-15(24-3)13-14(21)5-6-16-17-7-8-19(20(23)25-4)22(17,2)12-10-18(16)21/h5,15-19H,6-13H2,1-4H3/t15-,16?,17?,18?,19+,21-,22-/m0/s1. The van der Waals surface area contributed by atoms with E-state index in [1.807, 2.05) is 13.4 Å². The molecule has 0 aliphatic heterocycles. The zero-order valence-corrected chi connectivity index (χ0v) is 17.2.